The lowest BCUT2D eigenvalue weighted by Gasteiger charge is -2.20. The molecule has 1 aliphatic rings. The molecular weight excluding hydrogens is 210 g/mol. The normalized spacial score (nSPS) is 13.7. The monoisotopic (exact) mass is 223 g/mol. The quantitative estimate of drug-likeness (QED) is 0.587. The molecule has 15 heavy (non-hydrogen) atoms. The van der Waals surface area contributed by atoms with Crippen molar-refractivity contribution in [2.75, 3.05) is 19.5 Å². The molecule has 1 heterocycles. The van der Waals surface area contributed by atoms with Gasteiger partial charge in [0.15, 0.2) is 11.5 Å². The molecule has 0 radical (unpaired) electrons. The predicted octanol–water partition coefficient (Wildman–Crippen LogP) is 2.45. The summed E-state index contributed by atoms with van der Waals surface area (Å²) in [4.78, 5) is 0. The van der Waals surface area contributed by atoms with Gasteiger partial charge in [-0.3, -0.25) is 5.41 Å². The van der Waals surface area contributed by atoms with E-state index in [9.17, 15) is 0 Å². The molecule has 0 atom stereocenters. The lowest BCUT2D eigenvalue weighted by Crippen LogP contribution is -2.16. The Balaban J connectivity index is 2.44. The van der Waals surface area contributed by atoms with Crippen LogP contribution in [0.15, 0.2) is 12.1 Å². The number of hydrogen-bond donors (Lipinski definition) is 1. The third-order valence-corrected chi connectivity index (χ3v) is 2.97. The van der Waals surface area contributed by atoms with Crippen LogP contribution in [0.5, 0.6) is 11.5 Å². The fraction of sp³-hybridized carbons (Fsp3) is 0.364. The largest absolute Gasteiger partial charge is 0.486 e. The van der Waals surface area contributed by atoms with Gasteiger partial charge in [0, 0.05) is 5.56 Å². The maximum absolute atomic E-state index is 7.80. The van der Waals surface area contributed by atoms with E-state index < -0.39 is 0 Å². The zero-order valence-electron chi connectivity index (χ0n) is 8.79. The second-order valence-electron chi connectivity index (χ2n) is 3.34. The SMILES string of the molecule is CSC(=N)c1cc2c(cc1C)OCCO2. The maximum atomic E-state index is 7.80. The molecule has 0 saturated carbocycles. The summed E-state index contributed by atoms with van der Waals surface area (Å²) in [7, 11) is 0. The molecule has 0 aliphatic carbocycles. The molecule has 3 nitrogen and oxygen atoms in total. The van der Waals surface area contributed by atoms with E-state index in [4.69, 9.17) is 14.9 Å². The van der Waals surface area contributed by atoms with Crippen LogP contribution in [0.4, 0.5) is 0 Å². The van der Waals surface area contributed by atoms with Crippen LogP contribution >= 0.6 is 11.8 Å². The van der Waals surface area contributed by atoms with Gasteiger partial charge in [0.2, 0.25) is 0 Å². The number of thioether (sulfide) groups is 1. The number of fused-ring (bicyclic) bond motifs is 1. The third-order valence-electron chi connectivity index (χ3n) is 2.34. The zero-order valence-corrected chi connectivity index (χ0v) is 9.61. The second-order valence-corrected chi connectivity index (χ2v) is 4.16. The van der Waals surface area contributed by atoms with E-state index in [0.717, 1.165) is 22.6 Å². The first-order valence-electron chi connectivity index (χ1n) is 4.75. The number of aryl methyl sites for hydroxylation is 1. The highest BCUT2D eigenvalue weighted by Crippen LogP contribution is 2.33. The van der Waals surface area contributed by atoms with E-state index in [0.29, 0.717) is 18.3 Å². The average molecular weight is 223 g/mol. The van der Waals surface area contributed by atoms with E-state index in [1.54, 1.807) is 0 Å². The summed E-state index contributed by atoms with van der Waals surface area (Å²) in [6.07, 6.45) is 1.90. The first kappa shape index (κ1) is 10.4. The standard InChI is InChI=1S/C11H13NO2S/c1-7-5-9-10(14-4-3-13-9)6-8(7)11(12)15-2/h5-6,12H,3-4H2,1-2H3. The van der Waals surface area contributed by atoms with Crippen molar-refractivity contribution >= 4 is 16.8 Å². The van der Waals surface area contributed by atoms with E-state index in [2.05, 4.69) is 0 Å². The molecular formula is C11H13NO2S. The number of hydrogen-bond acceptors (Lipinski definition) is 4. The summed E-state index contributed by atoms with van der Waals surface area (Å²) in [5, 5.41) is 8.36. The Bertz CT molecular complexity index is 404. The fourth-order valence-corrected chi connectivity index (χ4v) is 1.98. The Kier molecular flexibility index (Phi) is 2.86. The van der Waals surface area contributed by atoms with Crippen LogP contribution < -0.4 is 9.47 Å². The van der Waals surface area contributed by atoms with Gasteiger partial charge in [0.1, 0.15) is 13.2 Å². The van der Waals surface area contributed by atoms with Gasteiger partial charge in [0.25, 0.3) is 0 Å². The summed E-state index contributed by atoms with van der Waals surface area (Å²) in [6.45, 7) is 3.17. The average Bonchev–Trinajstić information content (AvgIpc) is 2.27. The molecule has 80 valence electrons. The van der Waals surface area contributed by atoms with Crippen LogP contribution in [0.2, 0.25) is 0 Å². The number of ether oxygens (including phenoxy) is 2. The van der Waals surface area contributed by atoms with Gasteiger partial charge in [-0.25, -0.2) is 0 Å². The van der Waals surface area contributed by atoms with Crippen LogP contribution in [-0.2, 0) is 0 Å². The molecule has 1 aromatic rings. The lowest BCUT2D eigenvalue weighted by molar-refractivity contribution is 0.171. The third kappa shape index (κ3) is 1.95. The van der Waals surface area contributed by atoms with Gasteiger partial charge < -0.3 is 9.47 Å². The molecule has 1 N–H and O–H groups in total. The predicted molar refractivity (Wildman–Crippen MR) is 62.5 cm³/mol. The van der Waals surface area contributed by atoms with Gasteiger partial charge in [-0.1, -0.05) is 0 Å². The Hall–Kier alpha value is -1.16. The van der Waals surface area contributed by atoms with Crippen LogP contribution in [0.1, 0.15) is 11.1 Å². The molecule has 0 aromatic heterocycles. The number of benzene rings is 1. The summed E-state index contributed by atoms with van der Waals surface area (Å²) in [6, 6.07) is 3.83. The van der Waals surface area contributed by atoms with Crippen molar-refractivity contribution in [3.8, 4) is 11.5 Å². The van der Waals surface area contributed by atoms with E-state index >= 15 is 0 Å². The first-order valence-corrected chi connectivity index (χ1v) is 5.98. The van der Waals surface area contributed by atoms with Gasteiger partial charge in [-0.2, -0.15) is 0 Å². The van der Waals surface area contributed by atoms with Crippen molar-refractivity contribution in [3.05, 3.63) is 23.3 Å². The van der Waals surface area contributed by atoms with Gasteiger partial charge in [-0.15, -0.1) is 11.8 Å². The summed E-state index contributed by atoms with van der Waals surface area (Å²) in [5.41, 5.74) is 1.98. The van der Waals surface area contributed by atoms with Gasteiger partial charge in [-0.05, 0) is 30.9 Å². The Morgan fingerprint density at radius 1 is 1.27 bits per heavy atom. The molecule has 0 saturated heterocycles. The van der Waals surface area contributed by atoms with Crippen molar-refractivity contribution in [2.24, 2.45) is 0 Å². The summed E-state index contributed by atoms with van der Waals surface area (Å²) >= 11 is 1.43. The topological polar surface area (TPSA) is 42.3 Å². The molecule has 0 spiro atoms. The van der Waals surface area contributed by atoms with Crippen molar-refractivity contribution in [3.63, 3.8) is 0 Å². The minimum atomic E-state index is 0.560. The maximum Gasteiger partial charge on any atom is 0.162 e. The van der Waals surface area contributed by atoms with Crippen molar-refractivity contribution in [1.29, 1.82) is 5.41 Å². The Morgan fingerprint density at radius 2 is 1.87 bits per heavy atom. The van der Waals surface area contributed by atoms with Crippen molar-refractivity contribution in [1.82, 2.24) is 0 Å². The van der Waals surface area contributed by atoms with Gasteiger partial charge in [0.05, 0.1) is 5.04 Å². The van der Waals surface area contributed by atoms with Crippen molar-refractivity contribution < 1.29 is 9.47 Å². The molecule has 2 rings (SSSR count). The van der Waals surface area contributed by atoms with Crippen LogP contribution in [0, 0.1) is 12.3 Å². The zero-order chi connectivity index (χ0) is 10.8. The molecule has 0 fully saturated rings. The van der Waals surface area contributed by atoms with Crippen molar-refractivity contribution in [2.45, 2.75) is 6.92 Å². The van der Waals surface area contributed by atoms with E-state index in [-0.39, 0.29) is 0 Å². The molecule has 0 bridgehead atoms. The smallest absolute Gasteiger partial charge is 0.162 e. The van der Waals surface area contributed by atoms with E-state index in [1.165, 1.54) is 11.8 Å². The summed E-state index contributed by atoms with van der Waals surface area (Å²) < 4.78 is 11.0. The number of rotatable bonds is 1. The highest BCUT2D eigenvalue weighted by Gasteiger charge is 2.15. The molecule has 4 heteroatoms. The number of nitrogens with one attached hydrogen (secondary N) is 1. The minimum Gasteiger partial charge on any atom is -0.486 e. The van der Waals surface area contributed by atoms with E-state index in [1.807, 2.05) is 25.3 Å². The highest BCUT2D eigenvalue weighted by atomic mass is 32.2. The minimum absolute atomic E-state index is 0.560. The fourth-order valence-electron chi connectivity index (χ4n) is 1.55. The van der Waals surface area contributed by atoms with Crippen LogP contribution in [0.3, 0.4) is 0 Å². The molecule has 0 unspecified atom stereocenters. The Labute approximate surface area is 93.3 Å². The lowest BCUT2D eigenvalue weighted by atomic mass is 10.1. The highest BCUT2D eigenvalue weighted by molar-refractivity contribution is 8.13. The first-order chi connectivity index (χ1) is 7.22. The van der Waals surface area contributed by atoms with Crippen LogP contribution in [0.25, 0.3) is 0 Å². The molecule has 1 aromatic carbocycles. The van der Waals surface area contributed by atoms with Crippen LogP contribution in [-0.4, -0.2) is 24.5 Å². The summed E-state index contributed by atoms with van der Waals surface area (Å²) in [5.74, 6) is 1.54. The second kappa shape index (κ2) is 4.14. The Morgan fingerprint density at radius 3 is 2.47 bits per heavy atom. The molecule has 1 aliphatic heterocycles. The van der Waals surface area contributed by atoms with Gasteiger partial charge >= 0.3 is 0 Å². The molecule has 0 amide bonds.